The molecule has 3 N–H and O–H groups in total. The summed E-state index contributed by atoms with van der Waals surface area (Å²) in [6.45, 7) is 3.18. The van der Waals surface area contributed by atoms with Gasteiger partial charge in [0.25, 0.3) is 0 Å². The Bertz CT molecular complexity index is 897. The number of hydrogen-bond donors (Lipinski definition) is 3. The summed E-state index contributed by atoms with van der Waals surface area (Å²) < 4.78 is 5.44. The molecule has 1 aliphatic rings. The molecule has 0 amide bonds. The van der Waals surface area contributed by atoms with E-state index >= 15 is 0 Å². The molecule has 160 valence electrons. The number of halogens is 1. The number of allylic oxidation sites excluding steroid dienone is 1. The number of aliphatic hydroxyl groups excluding tert-OH is 1. The number of ether oxygens (including phenoxy) is 1. The molecule has 0 bridgehead atoms. The Hall–Kier alpha value is -2.38. The van der Waals surface area contributed by atoms with Crippen LogP contribution in [0.3, 0.4) is 0 Å². The number of piperazine rings is 1. The lowest BCUT2D eigenvalue weighted by Crippen LogP contribution is -2.51. The fourth-order valence-corrected chi connectivity index (χ4v) is 3.75. The highest BCUT2D eigenvalue weighted by molar-refractivity contribution is 6.30. The van der Waals surface area contributed by atoms with E-state index in [1.165, 1.54) is 12.1 Å². The lowest BCUT2D eigenvalue weighted by molar-refractivity contribution is 0.104. The van der Waals surface area contributed by atoms with Crippen LogP contribution >= 0.6 is 11.6 Å². The second-order valence-electron chi connectivity index (χ2n) is 7.27. The molecule has 0 aromatic heterocycles. The predicted molar refractivity (Wildman–Crippen MR) is 118 cm³/mol. The van der Waals surface area contributed by atoms with E-state index in [2.05, 4.69) is 10.2 Å². The first-order valence-electron chi connectivity index (χ1n) is 9.95. The number of hydrogen-bond acceptors (Lipinski definition) is 6. The third-order valence-electron chi connectivity index (χ3n) is 5.27. The number of carbonyl (C=O) groups is 1. The standard InChI is InChI=1S/C23H27ClN2O4/c1-30-23-13-22(29)20(21(28)7-4-16-2-5-18(24)6-3-16)12-17(23)15-26-10-9-25-14-19(26)8-11-27/h2-7,12-13,19,25,27,29H,8-11,14-15H2,1H3/b7-4+. The molecule has 1 heterocycles. The summed E-state index contributed by atoms with van der Waals surface area (Å²) >= 11 is 5.89. The van der Waals surface area contributed by atoms with Crippen molar-refractivity contribution in [2.75, 3.05) is 33.4 Å². The number of benzene rings is 2. The molecule has 1 unspecified atom stereocenters. The highest BCUT2D eigenvalue weighted by Crippen LogP contribution is 2.31. The summed E-state index contributed by atoms with van der Waals surface area (Å²) in [6.07, 6.45) is 3.80. The number of phenols is 1. The zero-order chi connectivity index (χ0) is 21.5. The number of nitrogens with one attached hydrogen (secondary N) is 1. The Morgan fingerprint density at radius 1 is 1.33 bits per heavy atom. The van der Waals surface area contributed by atoms with E-state index in [4.69, 9.17) is 16.3 Å². The first kappa shape index (κ1) is 22.3. The first-order chi connectivity index (χ1) is 14.5. The minimum absolute atomic E-state index is 0.117. The molecular weight excluding hydrogens is 404 g/mol. The van der Waals surface area contributed by atoms with Crippen LogP contribution in [0, 0.1) is 0 Å². The minimum atomic E-state index is -0.293. The molecule has 1 saturated heterocycles. The Morgan fingerprint density at radius 2 is 2.10 bits per heavy atom. The topological polar surface area (TPSA) is 82.0 Å². The quantitative estimate of drug-likeness (QED) is 0.441. The second kappa shape index (κ2) is 10.6. The van der Waals surface area contributed by atoms with Crippen molar-refractivity contribution >= 4 is 23.5 Å². The molecule has 7 heteroatoms. The Morgan fingerprint density at radius 3 is 2.80 bits per heavy atom. The van der Waals surface area contributed by atoms with Crippen molar-refractivity contribution in [3.63, 3.8) is 0 Å². The summed E-state index contributed by atoms with van der Waals surface area (Å²) in [5.74, 6) is 0.124. The molecule has 0 aliphatic carbocycles. The number of aliphatic hydroxyl groups is 1. The fraction of sp³-hybridized carbons (Fsp3) is 0.348. The number of methoxy groups -OCH3 is 1. The molecule has 0 radical (unpaired) electrons. The first-order valence-corrected chi connectivity index (χ1v) is 10.3. The van der Waals surface area contributed by atoms with E-state index in [1.54, 1.807) is 31.4 Å². The van der Waals surface area contributed by atoms with Gasteiger partial charge in [-0.25, -0.2) is 0 Å². The highest BCUT2D eigenvalue weighted by Gasteiger charge is 2.24. The van der Waals surface area contributed by atoms with Gasteiger partial charge in [-0.3, -0.25) is 9.69 Å². The Kier molecular flexibility index (Phi) is 7.87. The van der Waals surface area contributed by atoms with E-state index in [0.717, 1.165) is 30.8 Å². The molecule has 1 fully saturated rings. The van der Waals surface area contributed by atoms with Gasteiger partial charge in [0.1, 0.15) is 11.5 Å². The number of rotatable bonds is 8. The van der Waals surface area contributed by atoms with Gasteiger partial charge < -0.3 is 20.3 Å². The molecule has 2 aromatic rings. The summed E-state index contributed by atoms with van der Waals surface area (Å²) in [5.41, 5.74) is 1.89. The van der Waals surface area contributed by atoms with Gasteiger partial charge in [-0.1, -0.05) is 29.8 Å². The van der Waals surface area contributed by atoms with Gasteiger partial charge in [0, 0.05) is 55.5 Å². The normalized spacial score (nSPS) is 17.4. The maximum Gasteiger partial charge on any atom is 0.189 e. The highest BCUT2D eigenvalue weighted by atomic mass is 35.5. The van der Waals surface area contributed by atoms with Gasteiger partial charge in [-0.2, -0.15) is 0 Å². The van der Waals surface area contributed by atoms with Crippen LogP contribution in [0.25, 0.3) is 6.08 Å². The van der Waals surface area contributed by atoms with Crippen molar-refractivity contribution in [1.82, 2.24) is 10.2 Å². The molecule has 6 nitrogen and oxygen atoms in total. The van der Waals surface area contributed by atoms with E-state index in [1.807, 2.05) is 12.1 Å². The number of ketones is 1. The van der Waals surface area contributed by atoms with Crippen molar-refractivity contribution in [2.24, 2.45) is 0 Å². The number of nitrogens with zero attached hydrogens (tertiary/aromatic N) is 1. The van der Waals surface area contributed by atoms with Crippen molar-refractivity contribution in [3.8, 4) is 11.5 Å². The summed E-state index contributed by atoms with van der Waals surface area (Å²) in [5, 5.41) is 23.7. The van der Waals surface area contributed by atoms with Gasteiger partial charge in [0.05, 0.1) is 12.7 Å². The van der Waals surface area contributed by atoms with Crippen molar-refractivity contribution in [2.45, 2.75) is 19.0 Å². The fourth-order valence-electron chi connectivity index (χ4n) is 3.62. The molecule has 0 spiro atoms. The second-order valence-corrected chi connectivity index (χ2v) is 7.71. The molecule has 30 heavy (non-hydrogen) atoms. The van der Waals surface area contributed by atoms with Gasteiger partial charge in [-0.15, -0.1) is 0 Å². The van der Waals surface area contributed by atoms with Crippen LogP contribution in [0.1, 0.15) is 27.9 Å². The monoisotopic (exact) mass is 430 g/mol. The van der Waals surface area contributed by atoms with Crippen LogP contribution in [0.4, 0.5) is 0 Å². The van der Waals surface area contributed by atoms with Crippen molar-refractivity contribution in [1.29, 1.82) is 0 Å². The largest absolute Gasteiger partial charge is 0.507 e. The van der Waals surface area contributed by atoms with Gasteiger partial charge in [0.15, 0.2) is 5.78 Å². The molecule has 2 aromatic carbocycles. The number of phenolic OH excluding ortho intramolecular Hbond substituents is 1. The number of aromatic hydroxyl groups is 1. The van der Waals surface area contributed by atoms with Crippen LogP contribution in [0.5, 0.6) is 11.5 Å². The number of carbonyl (C=O) groups excluding carboxylic acids is 1. The smallest absolute Gasteiger partial charge is 0.189 e. The van der Waals surface area contributed by atoms with Gasteiger partial charge in [0.2, 0.25) is 0 Å². The third kappa shape index (κ3) is 5.61. The molecule has 1 aliphatic heterocycles. The van der Waals surface area contributed by atoms with Gasteiger partial charge >= 0.3 is 0 Å². The Balaban J connectivity index is 1.83. The van der Waals surface area contributed by atoms with E-state index in [9.17, 15) is 15.0 Å². The Labute approximate surface area is 181 Å². The predicted octanol–water partition coefficient (Wildman–Crippen LogP) is 3.11. The average Bonchev–Trinajstić information content (AvgIpc) is 2.75. The van der Waals surface area contributed by atoms with Crippen LogP contribution in [-0.4, -0.2) is 60.3 Å². The van der Waals surface area contributed by atoms with Crippen molar-refractivity contribution in [3.05, 3.63) is 64.2 Å². The molecule has 1 atom stereocenters. The average molecular weight is 431 g/mol. The SMILES string of the molecule is COc1cc(O)c(C(=O)/C=C/c2ccc(Cl)cc2)cc1CN1CCNCC1CCO. The maximum atomic E-state index is 12.7. The summed E-state index contributed by atoms with van der Waals surface area (Å²) in [6, 6.07) is 10.5. The molecule has 0 saturated carbocycles. The molecule has 3 rings (SSSR count). The lowest BCUT2D eigenvalue weighted by atomic mass is 10.0. The molecular formula is C23H27ClN2O4. The zero-order valence-corrected chi connectivity index (χ0v) is 17.7. The van der Waals surface area contributed by atoms with Gasteiger partial charge in [-0.05, 0) is 36.3 Å². The van der Waals surface area contributed by atoms with E-state index in [0.29, 0.717) is 23.7 Å². The van der Waals surface area contributed by atoms with E-state index in [-0.39, 0.29) is 29.7 Å². The lowest BCUT2D eigenvalue weighted by Gasteiger charge is -2.36. The van der Waals surface area contributed by atoms with Crippen LogP contribution in [0.2, 0.25) is 5.02 Å². The van der Waals surface area contributed by atoms with Crippen molar-refractivity contribution < 1.29 is 19.7 Å². The summed E-state index contributed by atoms with van der Waals surface area (Å²) in [4.78, 5) is 15.0. The minimum Gasteiger partial charge on any atom is -0.507 e. The van der Waals surface area contributed by atoms with Crippen LogP contribution < -0.4 is 10.1 Å². The third-order valence-corrected chi connectivity index (χ3v) is 5.52. The van der Waals surface area contributed by atoms with E-state index < -0.39 is 0 Å². The maximum absolute atomic E-state index is 12.7. The summed E-state index contributed by atoms with van der Waals surface area (Å²) in [7, 11) is 1.54. The zero-order valence-electron chi connectivity index (χ0n) is 17.0. The van der Waals surface area contributed by atoms with Crippen LogP contribution in [-0.2, 0) is 6.54 Å². The van der Waals surface area contributed by atoms with Crippen LogP contribution in [0.15, 0.2) is 42.5 Å².